The molecule has 1 N–H and O–H groups in total. The van der Waals surface area contributed by atoms with Crippen LogP contribution in [0.2, 0.25) is 0 Å². The normalized spacial score (nSPS) is 21.6. The van der Waals surface area contributed by atoms with Gasteiger partial charge in [-0.3, -0.25) is 14.5 Å². The minimum atomic E-state index is -1.75. The molecule has 3 amide bonds. The maximum atomic E-state index is 14.0. The molecule has 0 aliphatic carbocycles. The van der Waals surface area contributed by atoms with E-state index in [0.717, 1.165) is 23.1 Å². The van der Waals surface area contributed by atoms with Gasteiger partial charge in [0.15, 0.2) is 5.78 Å². The Kier molecular flexibility index (Phi) is 4.00. The average Bonchev–Trinajstić information content (AvgIpc) is 2.65. The van der Waals surface area contributed by atoms with Gasteiger partial charge in [-0.2, -0.15) is 0 Å². The molecule has 1 saturated heterocycles. The Bertz CT molecular complexity index is 697. The van der Waals surface area contributed by atoms with Crippen LogP contribution in [0.4, 0.5) is 13.6 Å². The molecule has 5 nitrogen and oxygen atoms in total. The summed E-state index contributed by atoms with van der Waals surface area (Å²) in [4.78, 5) is 37.4. The van der Waals surface area contributed by atoms with Crippen LogP contribution in [0.25, 0.3) is 0 Å². The van der Waals surface area contributed by atoms with Gasteiger partial charge in [-0.05, 0) is 25.1 Å². The van der Waals surface area contributed by atoms with Crippen LogP contribution in [0.15, 0.2) is 18.2 Å². The summed E-state index contributed by atoms with van der Waals surface area (Å²) in [7, 11) is 0. The van der Waals surface area contributed by atoms with Gasteiger partial charge in [-0.25, -0.2) is 13.6 Å². The van der Waals surface area contributed by atoms with Crippen molar-refractivity contribution in [2.45, 2.75) is 33.2 Å². The lowest BCUT2D eigenvalue weighted by Gasteiger charge is -2.24. The number of hydrogen-bond donors (Lipinski definition) is 1. The number of halogens is 2. The number of nitrogens with zero attached hydrogens (tertiary/aromatic N) is 1. The summed E-state index contributed by atoms with van der Waals surface area (Å²) in [5.41, 5.74) is -2.76. The number of urea groups is 1. The van der Waals surface area contributed by atoms with Crippen molar-refractivity contribution in [1.29, 1.82) is 0 Å². The predicted molar refractivity (Wildman–Crippen MR) is 78.4 cm³/mol. The van der Waals surface area contributed by atoms with Crippen LogP contribution in [-0.2, 0) is 15.1 Å². The van der Waals surface area contributed by atoms with Gasteiger partial charge in [-0.1, -0.05) is 20.8 Å². The van der Waals surface area contributed by atoms with Crippen LogP contribution >= 0.6 is 0 Å². The maximum Gasteiger partial charge on any atom is 0.325 e. The molecule has 1 aromatic carbocycles. The average molecular weight is 324 g/mol. The van der Waals surface area contributed by atoms with E-state index in [1.165, 1.54) is 6.92 Å². The monoisotopic (exact) mass is 324 g/mol. The van der Waals surface area contributed by atoms with Crippen LogP contribution in [0.3, 0.4) is 0 Å². The minimum absolute atomic E-state index is 0.276. The zero-order chi connectivity index (χ0) is 17.6. The molecule has 1 aromatic rings. The quantitative estimate of drug-likeness (QED) is 0.868. The zero-order valence-electron chi connectivity index (χ0n) is 13.4. The Hall–Kier alpha value is -2.31. The number of amides is 3. The van der Waals surface area contributed by atoms with Gasteiger partial charge in [0, 0.05) is 11.0 Å². The van der Waals surface area contributed by atoms with E-state index >= 15 is 0 Å². The standard InChI is InChI=1S/C16H18F2N2O3/c1-15(2,3)12(21)8-20-13(22)16(4,19-14(20)23)10-7-9(17)5-6-11(10)18/h5-7H,8H2,1-4H3,(H,19,23). The van der Waals surface area contributed by atoms with Crippen LogP contribution in [0, 0.1) is 17.0 Å². The van der Waals surface area contributed by atoms with E-state index in [9.17, 15) is 23.2 Å². The molecule has 0 aromatic heterocycles. The molecule has 7 heteroatoms. The molecular formula is C16H18F2N2O3. The van der Waals surface area contributed by atoms with Crippen molar-refractivity contribution in [3.63, 3.8) is 0 Å². The van der Waals surface area contributed by atoms with Crippen molar-refractivity contribution in [1.82, 2.24) is 10.2 Å². The second kappa shape index (κ2) is 5.40. The fraction of sp³-hybridized carbons (Fsp3) is 0.438. The first kappa shape index (κ1) is 17.1. The highest BCUT2D eigenvalue weighted by Crippen LogP contribution is 2.31. The van der Waals surface area contributed by atoms with Gasteiger partial charge in [0.25, 0.3) is 5.91 Å². The van der Waals surface area contributed by atoms with Gasteiger partial charge >= 0.3 is 6.03 Å². The molecule has 1 unspecified atom stereocenters. The molecule has 0 radical (unpaired) electrons. The molecule has 2 rings (SSSR count). The highest BCUT2D eigenvalue weighted by Gasteiger charge is 2.51. The Morgan fingerprint density at radius 1 is 1.26 bits per heavy atom. The molecule has 1 heterocycles. The minimum Gasteiger partial charge on any atom is -0.319 e. The maximum absolute atomic E-state index is 14.0. The highest BCUT2D eigenvalue weighted by atomic mass is 19.1. The summed E-state index contributed by atoms with van der Waals surface area (Å²) in [6.07, 6.45) is 0. The van der Waals surface area contributed by atoms with E-state index in [-0.39, 0.29) is 11.3 Å². The Morgan fingerprint density at radius 3 is 2.43 bits per heavy atom. The Labute approximate surface area is 132 Å². The van der Waals surface area contributed by atoms with Crippen molar-refractivity contribution in [2.75, 3.05) is 6.54 Å². The van der Waals surface area contributed by atoms with Crippen LogP contribution < -0.4 is 5.32 Å². The van der Waals surface area contributed by atoms with Crippen molar-refractivity contribution >= 4 is 17.7 Å². The van der Waals surface area contributed by atoms with E-state index < -0.39 is 41.1 Å². The molecule has 1 aliphatic heterocycles. The molecule has 1 aliphatic rings. The number of carbonyl (C=O) groups excluding carboxylic acids is 3. The van der Waals surface area contributed by atoms with E-state index in [1.54, 1.807) is 20.8 Å². The van der Waals surface area contributed by atoms with Crippen molar-refractivity contribution in [3.8, 4) is 0 Å². The molecule has 0 bridgehead atoms. The lowest BCUT2D eigenvalue weighted by Crippen LogP contribution is -2.43. The van der Waals surface area contributed by atoms with Gasteiger partial charge in [-0.15, -0.1) is 0 Å². The van der Waals surface area contributed by atoms with E-state index in [4.69, 9.17) is 0 Å². The first-order valence-electron chi connectivity index (χ1n) is 7.10. The van der Waals surface area contributed by atoms with Crippen LogP contribution in [-0.4, -0.2) is 29.2 Å². The highest BCUT2D eigenvalue weighted by molar-refractivity contribution is 6.09. The molecule has 0 spiro atoms. The van der Waals surface area contributed by atoms with Gasteiger partial charge in [0.05, 0.1) is 6.54 Å². The summed E-state index contributed by atoms with van der Waals surface area (Å²) in [6, 6.07) is 1.87. The fourth-order valence-electron chi connectivity index (χ4n) is 2.28. The predicted octanol–water partition coefficient (Wildman–Crippen LogP) is 2.35. The molecular weight excluding hydrogens is 306 g/mol. The third-order valence-electron chi connectivity index (χ3n) is 3.88. The van der Waals surface area contributed by atoms with Crippen LogP contribution in [0.5, 0.6) is 0 Å². The summed E-state index contributed by atoms with van der Waals surface area (Å²) in [5, 5.41) is 2.35. The second-order valence-corrected chi connectivity index (χ2v) is 6.74. The lowest BCUT2D eigenvalue weighted by molar-refractivity contribution is -0.136. The first-order valence-corrected chi connectivity index (χ1v) is 7.10. The first-order chi connectivity index (χ1) is 10.5. The Balaban J connectivity index is 2.37. The van der Waals surface area contributed by atoms with E-state index in [0.29, 0.717) is 0 Å². The molecule has 23 heavy (non-hydrogen) atoms. The molecule has 124 valence electrons. The number of imide groups is 1. The SMILES string of the molecule is CC(C)(C)C(=O)CN1C(=O)NC(C)(c2cc(F)ccc2F)C1=O. The smallest absolute Gasteiger partial charge is 0.319 e. The zero-order valence-corrected chi connectivity index (χ0v) is 13.4. The molecule has 1 atom stereocenters. The summed E-state index contributed by atoms with van der Waals surface area (Å²) in [6.45, 7) is 5.87. The topological polar surface area (TPSA) is 66.5 Å². The third-order valence-corrected chi connectivity index (χ3v) is 3.88. The summed E-state index contributed by atoms with van der Waals surface area (Å²) in [5.74, 6) is -2.64. The van der Waals surface area contributed by atoms with Gasteiger partial charge in [0.2, 0.25) is 0 Å². The third kappa shape index (κ3) is 2.95. The number of ketones is 1. The number of Topliss-reactive ketones (excluding diaryl/α,β-unsaturated/α-hetero) is 1. The van der Waals surface area contributed by atoms with Crippen LogP contribution in [0.1, 0.15) is 33.3 Å². The number of nitrogens with one attached hydrogen (secondary N) is 1. The van der Waals surface area contributed by atoms with Crippen molar-refractivity contribution in [3.05, 3.63) is 35.4 Å². The van der Waals surface area contributed by atoms with Crippen molar-refractivity contribution in [2.24, 2.45) is 5.41 Å². The largest absolute Gasteiger partial charge is 0.325 e. The molecule has 1 fully saturated rings. The van der Waals surface area contributed by atoms with Crippen molar-refractivity contribution < 1.29 is 23.2 Å². The number of carbonyl (C=O) groups is 3. The fourth-order valence-corrected chi connectivity index (χ4v) is 2.28. The van der Waals surface area contributed by atoms with Gasteiger partial charge in [0.1, 0.15) is 17.2 Å². The van der Waals surface area contributed by atoms with E-state index in [2.05, 4.69) is 5.32 Å². The Morgan fingerprint density at radius 2 is 1.87 bits per heavy atom. The lowest BCUT2D eigenvalue weighted by atomic mass is 9.89. The number of rotatable bonds is 3. The number of hydrogen-bond acceptors (Lipinski definition) is 3. The van der Waals surface area contributed by atoms with Gasteiger partial charge < -0.3 is 5.32 Å². The second-order valence-electron chi connectivity index (χ2n) is 6.74. The van der Waals surface area contributed by atoms with E-state index in [1.807, 2.05) is 0 Å². The summed E-state index contributed by atoms with van der Waals surface area (Å²) < 4.78 is 27.4. The summed E-state index contributed by atoms with van der Waals surface area (Å²) >= 11 is 0. The molecule has 0 saturated carbocycles. The number of benzene rings is 1.